The average Bonchev–Trinajstić information content (AvgIpc) is 2.97. The van der Waals surface area contributed by atoms with Crippen molar-refractivity contribution < 1.29 is 4.74 Å². The van der Waals surface area contributed by atoms with E-state index in [0.717, 1.165) is 24.3 Å². The van der Waals surface area contributed by atoms with Crippen molar-refractivity contribution in [1.29, 1.82) is 0 Å². The highest BCUT2D eigenvalue weighted by atomic mass is 35.5. The van der Waals surface area contributed by atoms with Crippen LogP contribution in [0.25, 0.3) is 10.4 Å². The molecule has 1 aromatic carbocycles. The van der Waals surface area contributed by atoms with Gasteiger partial charge in [-0.2, -0.15) is 0 Å². The van der Waals surface area contributed by atoms with E-state index in [1.807, 2.05) is 29.5 Å². The van der Waals surface area contributed by atoms with Gasteiger partial charge in [0.15, 0.2) is 0 Å². The van der Waals surface area contributed by atoms with Crippen LogP contribution in [0.5, 0.6) is 5.75 Å². The van der Waals surface area contributed by atoms with Gasteiger partial charge >= 0.3 is 0 Å². The Balaban J connectivity index is 2.26. The van der Waals surface area contributed by atoms with Crippen LogP contribution in [0.4, 0.5) is 0 Å². The lowest BCUT2D eigenvalue weighted by Crippen LogP contribution is -2.19. The summed E-state index contributed by atoms with van der Waals surface area (Å²) < 4.78 is 5.30. The lowest BCUT2D eigenvalue weighted by Gasteiger charge is -2.15. The number of thiophene rings is 1. The van der Waals surface area contributed by atoms with Gasteiger partial charge in [-0.15, -0.1) is 11.3 Å². The molecule has 1 N–H and O–H groups in total. The van der Waals surface area contributed by atoms with E-state index in [1.54, 1.807) is 7.11 Å². The first-order valence-corrected chi connectivity index (χ1v) is 8.56. The molecule has 0 aliphatic rings. The predicted octanol–water partition coefficient (Wildman–Crippen LogP) is 5.53. The third kappa shape index (κ3) is 4.00. The van der Waals surface area contributed by atoms with Gasteiger partial charge in [0, 0.05) is 15.8 Å². The van der Waals surface area contributed by atoms with Crippen LogP contribution in [0.3, 0.4) is 0 Å². The fourth-order valence-electron chi connectivity index (χ4n) is 2.39. The minimum Gasteiger partial charge on any atom is -0.495 e. The number of nitrogens with one attached hydrogen (secondary N) is 1. The van der Waals surface area contributed by atoms with Crippen molar-refractivity contribution in [2.45, 2.75) is 32.7 Å². The highest BCUT2D eigenvalue weighted by molar-refractivity contribution is 7.15. The zero-order chi connectivity index (χ0) is 15.2. The minimum absolute atomic E-state index is 0.452. The van der Waals surface area contributed by atoms with E-state index in [0.29, 0.717) is 11.1 Å². The first-order chi connectivity index (χ1) is 10.2. The molecule has 1 atom stereocenters. The molecule has 21 heavy (non-hydrogen) atoms. The monoisotopic (exact) mass is 323 g/mol. The molecule has 0 saturated carbocycles. The third-order valence-corrected chi connectivity index (χ3v) is 4.99. The molecule has 1 unspecified atom stereocenters. The average molecular weight is 324 g/mol. The molecular formula is C17H22ClNOS. The van der Waals surface area contributed by atoms with E-state index in [9.17, 15) is 0 Å². The summed E-state index contributed by atoms with van der Waals surface area (Å²) in [6, 6.07) is 10.8. The van der Waals surface area contributed by atoms with Gasteiger partial charge in [0.2, 0.25) is 0 Å². The van der Waals surface area contributed by atoms with E-state index < -0.39 is 0 Å². The Labute approximate surface area is 136 Å². The largest absolute Gasteiger partial charge is 0.495 e. The molecule has 0 fully saturated rings. The zero-order valence-corrected chi connectivity index (χ0v) is 14.4. The molecule has 0 aliphatic carbocycles. The van der Waals surface area contributed by atoms with E-state index >= 15 is 0 Å². The summed E-state index contributed by atoms with van der Waals surface area (Å²) in [4.78, 5) is 2.64. The van der Waals surface area contributed by atoms with Gasteiger partial charge in [0.25, 0.3) is 0 Å². The molecule has 1 heterocycles. The summed E-state index contributed by atoms with van der Waals surface area (Å²) in [5, 5.41) is 4.21. The topological polar surface area (TPSA) is 21.3 Å². The van der Waals surface area contributed by atoms with E-state index in [1.165, 1.54) is 16.2 Å². The Morgan fingerprint density at radius 3 is 2.71 bits per heavy atom. The second-order valence-electron chi connectivity index (χ2n) is 4.95. The minimum atomic E-state index is 0.452. The summed E-state index contributed by atoms with van der Waals surface area (Å²) in [5.74, 6) is 0.723. The fourth-order valence-corrected chi connectivity index (χ4v) is 3.70. The van der Waals surface area contributed by atoms with Gasteiger partial charge in [0.1, 0.15) is 5.75 Å². The molecule has 0 amide bonds. The Kier molecular flexibility index (Phi) is 6.09. The summed E-state index contributed by atoms with van der Waals surface area (Å²) in [6.07, 6.45) is 2.34. The molecule has 0 saturated heterocycles. The van der Waals surface area contributed by atoms with Crippen LogP contribution < -0.4 is 10.1 Å². The molecule has 4 heteroatoms. The van der Waals surface area contributed by atoms with E-state index in [2.05, 4.69) is 31.3 Å². The van der Waals surface area contributed by atoms with Crippen LogP contribution >= 0.6 is 22.9 Å². The predicted molar refractivity (Wildman–Crippen MR) is 92.6 cm³/mol. The van der Waals surface area contributed by atoms with Crippen LogP contribution in [0.15, 0.2) is 30.3 Å². The summed E-state index contributed by atoms with van der Waals surface area (Å²) >= 11 is 7.93. The van der Waals surface area contributed by atoms with Gasteiger partial charge in [-0.1, -0.05) is 37.9 Å². The maximum absolute atomic E-state index is 6.09. The van der Waals surface area contributed by atoms with Crippen LogP contribution in [-0.2, 0) is 0 Å². The number of rotatable bonds is 7. The summed E-state index contributed by atoms with van der Waals surface area (Å²) in [5.41, 5.74) is 1.15. The van der Waals surface area contributed by atoms with Gasteiger partial charge < -0.3 is 10.1 Å². The van der Waals surface area contributed by atoms with Crippen molar-refractivity contribution in [2.75, 3.05) is 13.7 Å². The zero-order valence-electron chi connectivity index (χ0n) is 12.8. The van der Waals surface area contributed by atoms with Crippen molar-refractivity contribution >= 4 is 22.9 Å². The molecule has 0 aliphatic heterocycles. The lowest BCUT2D eigenvalue weighted by molar-refractivity contribution is 0.415. The molecule has 2 aromatic rings. The summed E-state index contributed by atoms with van der Waals surface area (Å²) in [6.45, 7) is 5.37. The molecule has 0 radical (unpaired) electrons. The van der Waals surface area contributed by atoms with Crippen LogP contribution in [0.2, 0.25) is 5.02 Å². The number of ether oxygens (including phenoxy) is 1. The second kappa shape index (κ2) is 7.83. The first kappa shape index (κ1) is 16.3. The Morgan fingerprint density at radius 2 is 2.05 bits per heavy atom. The van der Waals surface area contributed by atoms with Crippen molar-refractivity contribution in [3.05, 3.63) is 40.2 Å². The van der Waals surface area contributed by atoms with Crippen LogP contribution in [0, 0.1) is 0 Å². The third-order valence-electron chi connectivity index (χ3n) is 3.43. The number of methoxy groups -OCH3 is 1. The Hall–Kier alpha value is -1.03. The maximum Gasteiger partial charge on any atom is 0.138 e. The standard InChI is InChI=1S/C17H22ClNOS/c1-4-6-14(19-5-2)17-10-9-16(21-17)12-7-8-13(18)15(11-12)20-3/h7-11,14,19H,4-6H2,1-3H3. The molecule has 1 aromatic heterocycles. The molecule has 114 valence electrons. The van der Waals surface area contributed by atoms with Crippen molar-refractivity contribution in [1.82, 2.24) is 5.32 Å². The molecule has 2 rings (SSSR count). The molecule has 2 nitrogen and oxygen atoms in total. The smallest absolute Gasteiger partial charge is 0.138 e. The lowest BCUT2D eigenvalue weighted by atomic mass is 10.1. The van der Waals surface area contributed by atoms with Crippen molar-refractivity contribution in [3.8, 4) is 16.2 Å². The second-order valence-corrected chi connectivity index (χ2v) is 6.47. The maximum atomic E-state index is 6.09. The number of halogens is 1. The van der Waals surface area contributed by atoms with Gasteiger partial charge in [0.05, 0.1) is 12.1 Å². The van der Waals surface area contributed by atoms with Crippen LogP contribution in [-0.4, -0.2) is 13.7 Å². The fraction of sp³-hybridized carbons (Fsp3) is 0.412. The summed E-state index contributed by atoms with van der Waals surface area (Å²) in [7, 11) is 1.65. The van der Waals surface area contributed by atoms with Gasteiger partial charge in [-0.25, -0.2) is 0 Å². The van der Waals surface area contributed by atoms with Gasteiger partial charge in [-0.05, 0) is 42.8 Å². The highest BCUT2D eigenvalue weighted by Crippen LogP contribution is 2.36. The number of benzene rings is 1. The van der Waals surface area contributed by atoms with Crippen molar-refractivity contribution in [3.63, 3.8) is 0 Å². The number of hydrogen-bond donors (Lipinski definition) is 1. The van der Waals surface area contributed by atoms with E-state index in [-0.39, 0.29) is 0 Å². The quantitative estimate of drug-likeness (QED) is 0.723. The van der Waals surface area contributed by atoms with E-state index in [4.69, 9.17) is 16.3 Å². The normalized spacial score (nSPS) is 12.4. The highest BCUT2D eigenvalue weighted by Gasteiger charge is 2.13. The SMILES string of the molecule is CCCC(NCC)c1ccc(-c2ccc(Cl)c(OC)c2)s1. The van der Waals surface area contributed by atoms with Crippen LogP contribution in [0.1, 0.15) is 37.6 Å². The van der Waals surface area contributed by atoms with Gasteiger partial charge in [-0.3, -0.25) is 0 Å². The molecule has 0 spiro atoms. The Morgan fingerprint density at radius 1 is 1.24 bits per heavy atom. The first-order valence-electron chi connectivity index (χ1n) is 7.36. The Bertz CT molecular complexity index is 576. The molecule has 0 bridgehead atoms. The number of hydrogen-bond acceptors (Lipinski definition) is 3. The van der Waals surface area contributed by atoms with Crippen molar-refractivity contribution in [2.24, 2.45) is 0 Å². The molecular weight excluding hydrogens is 302 g/mol.